The summed E-state index contributed by atoms with van der Waals surface area (Å²) >= 11 is 0. The van der Waals surface area contributed by atoms with Crippen LogP contribution in [0.25, 0.3) is 0 Å². The van der Waals surface area contributed by atoms with Crippen LogP contribution in [-0.2, 0) is 16.9 Å². The average Bonchev–Trinajstić information content (AvgIpc) is 2.88. The van der Waals surface area contributed by atoms with Gasteiger partial charge in [0.1, 0.15) is 5.54 Å². The molecule has 0 aromatic heterocycles. The van der Waals surface area contributed by atoms with Crippen LogP contribution in [0, 0.1) is 5.82 Å². The van der Waals surface area contributed by atoms with Crippen molar-refractivity contribution in [2.75, 3.05) is 7.11 Å². The number of carbonyl (C=O) groups is 2. The zero-order valence-corrected chi connectivity index (χ0v) is 14.1. The van der Waals surface area contributed by atoms with E-state index in [0.29, 0.717) is 12.0 Å². The average molecular weight is 342 g/mol. The van der Waals surface area contributed by atoms with Gasteiger partial charge < -0.3 is 10.1 Å². The fourth-order valence-corrected chi connectivity index (χ4v) is 3.12. The van der Waals surface area contributed by atoms with Crippen molar-refractivity contribution in [2.45, 2.75) is 25.4 Å². The second-order valence-electron chi connectivity index (χ2n) is 5.92. The first-order valence-corrected chi connectivity index (χ1v) is 8.04. The topological polar surface area (TPSA) is 58.6 Å². The van der Waals surface area contributed by atoms with E-state index in [0.717, 1.165) is 10.5 Å². The van der Waals surface area contributed by atoms with E-state index in [9.17, 15) is 14.0 Å². The molecule has 1 atom stereocenters. The molecule has 0 saturated carbocycles. The largest absolute Gasteiger partial charge is 0.494 e. The lowest BCUT2D eigenvalue weighted by molar-refractivity contribution is -0.132. The molecule has 0 bridgehead atoms. The van der Waals surface area contributed by atoms with Gasteiger partial charge in [-0.05, 0) is 29.7 Å². The Morgan fingerprint density at radius 1 is 1.16 bits per heavy atom. The van der Waals surface area contributed by atoms with Crippen molar-refractivity contribution >= 4 is 11.9 Å². The van der Waals surface area contributed by atoms with Crippen molar-refractivity contribution in [1.82, 2.24) is 10.2 Å². The van der Waals surface area contributed by atoms with E-state index in [1.807, 2.05) is 37.3 Å². The molecule has 0 radical (unpaired) electrons. The van der Waals surface area contributed by atoms with Gasteiger partial charge in [-0.1, -0.05) is 43.3 Å². The van der Waals surface area contributed by atoms with Crippen LogP contribution < -0.4 is 10.1 Å². The minimum absolute atomic E-state index is 0.000163. The number of amides is 3. The molecule has 2 aromatic carbocycles. The first-order chi connectivity index (χ1) is 12.0. The first kappa shape index (κ1) is 17.0. The third-order valence-electron chi connectivity index (χ3n) is 4.53. The Morgan fingerprint density at radius 2 is 1.88 bits per heavy atom. The third-order valence-corrected chi connectivity index (χ3v) is 4.53. The summed E-state index contributed by atoms with van der Waals surface area (Å²) in [4.78, 5) is 26.5. The van der Waals surface area contributed by atoms with E-state index in [1.165, 1.54) is 19.2 Å². The molecule has 3 rings (SSSR count). The summed E-state index contributed by atoms with van der Waals surface area (Å²) in [5.41, 5.74) is 0.171. The highest BCUT2D eigenvalue weighted by Crippen LogP contribution is 2.33. The molecule has 1 fully saturated rings. The van der Waals surface area contributed by atoms with Crippen LogP contribution in [0.1, 0.15) is 24.5 Å². The van der Waals surface area contributed by atoms with Crippen molar-refractivity contribution < 1.29 is 18.7 Å². The summed E-state index contributed by atoms with van der Waals surface area (Å²) in [5.74, 6) is -0.743. The predicted molar refractivity (Wildman–Crippen MR) is 90.4 cm³/mol. The van der Waals surface area contributed by atoms with Crippen LogP contribution >= 0.6 is 0 Å². The quantitative estimate of drug-likeness (QED) is 0.849. The molecule has 25 heavy (non-hydrogen) atoms. The van der Waals surface area contributed by atoms with E-state index in [4.69, 9.17) is 4.74 Å². The summed E-state index contributed by atoms with van der Waals surface area (Å²) in [7, 11) is 1.38. The van der Waals surface area contributed by atoms with Crippen LogP contribution in [0.3, 0.4) is 0 Å². The van der Waals surface area contributed by atoms with Gasteiger partial charge in [-0.2, -0.15) is 0 Å². The molecule has 1 aliphatic rings. The number of rotatable bonds is 5. The molecule has 1 saturated heterocycles. The number of ether oxygens (including phenoxy) is 1. The molecule has 0 spiro atoms. The number of carbonyl (C=O) groups excluding carboxylic acids is 2. The molecule has 130 valence electrons. The number of halogens is 1. The molecule has 0 aliphatic carbocycles. The van der Waals surface area contributed by atoms with Crippen molar-refractivity contribution in [3.05, 3.63) is 65.5 Å². The van der Waals surface area contributed by atoms with Crippen molar-refractivity contribution in [2.24, 2.45) is 0 Å². The molecule has 1 N–H and O–H groups in total. The molecule has 1 heterocycles. The van der Waals surface area contributed by atoms with Gasteiger partial charge in [0, 0.05) is 0 Å². The maximum Gasteiger partial charge on any atom is 0.325 e. The van der Waals surface area contributed by atoms with Crippen molar-refractivity contribution in [3.8, 4) is 5.75 Å². The Morgan fingerprint density at radius 3 is 2.48 bits per heavy atom. The Kier molecular flexibility index (Phi) is 4.44. The number of methoxy groups -OCH3 is 1. The lowest BCUT2D eigenvalue weighted by atomic mass is 9.87. The van der Waals surface area contributed by atoms with Gasteiger partial charge in [0.25, 0.3) is 5.91 Å². The van der Waals surface area contributed by atoms with Gasteiger partial charge >= 0.3 is 6.03 Å². The summed E-state index contributed by atoms with van der Waals surface area (Å²) < 4.78 is 18.8. The molecule has 2 aromatic rings. The molecule has 5 nitrogen and oxygen atoms in total. The lowest BCUT2D eigenvalue weighted by Crippen LogP contribution is -2.43. The normalized spacial score (nSPS) is 19.9. The highest BCUT2D eigenvalue weighted by Gasteiger charge is 2.51. The first-order valence-electron chi connectivity index (χ1n) is 8.04. The van der Waals surface area contributed by atoms with Crippen LogP contribution in [0.5, 0.6) is 5.75 Å². The predicted octanol–water partition coefficient (Wildman–Crippen LogP) is 3.19. The highest BCUT2D eigenvalue weighted by atomic mass is 19.1. The second kappa shape index (κ2) is 6.55. The number of hydrogen-bond acceptors (Lipinski definition) is 3. The van der Waals surface area contributed by atoms with E-state index in [1.54, 1.807) is 6.07 Å². The molecule has 1 unspecified atom stereocenters. The maximum absolute atomic E-state index is 13.9. The van der Waals surface area contributed by atoms with Crippen LogP contribution in [-0.4, -0.2) is 23.9 Å². The van der Waals surface area contributed by atoms with E-state index < -0.39 is 17.4 Å². The standard InChI is InChI=1S/C19H19FN2O3/c1-3-19(14-7-5-4-6-8-14)17(23)22(18(24)21-19)12-13-9-10-16(25-2)15(20)11-13/h4-11H,3,12H2,1-2H3,(H,21,24). The van der Waals surface area contributed by atoms with Gasteiger partial charge in [-0.15, -0.1) is 0 Å². The maximum atomic E-state index is 13.9. The SMILES string of the molecule is CCC1(c2ccccc2)NC(=O)N(Cc2ccc(OC)c(F)c2)C1=O. The van der Waals surface area contributed by atoms with Gasteiger partial charge in [0.2, 0.25) is 0 Å². The fourth-order valence-electron chi connectivity index (χ4n) is 3.12. The Labute approximate surface area is 145 Å². The zero-order chi connectivity index (χ0) is 18.0. The van der Waals surface area contributed by atoms with Crippen LogP contribution in [0.15, 0.2) is 48.5 Å². The summed E-state index contributed by atoms with van der Waals surface area (Å²) in [5, 5.41) is 2.81. The van der Waals surface area contributed by atoms with Gasteiger partial charge in [-0.3, -0.25) is 9.69 Å². The van der Waals surface area contributed by atoms with E-state index >= 15 is 0 Å². The van der Waals surface area contributed by atoms with Crippen molar-refractivity contribution in [3.63, 3.8) is 0 Å². The highest BCUT2D eigenvalue weighted by molar-refractivity contribution is 6.07. The fraction of sp³-hybridized carbons (Fsp3) is 0.263. The molecular weight excluding hydrogens is 323 g/mol. The Bertz CT molecular complexity index is 810. The van der Waals surface area contributed by atoms with Crippen LogP contribution in [0.2, 0.25) is 0 Å². The molecule has 3 amide bonds. The van der Waals surface area contributed by atoms with Crippen molar-refractivity contribution in [1.29, 1.82) is 0 Å². The lowest BCUT2D eigenvalue weighted by Gasteiger charge is -2.25. The van der Waals surface area contributed by atoms with Gasteiger partial charge in [0.05, 0.1) is 13.7 Å². The minimum atomic E-state index is -1.08. The number of urea groups is 1. The zero-order valence-electron chi connectivity index (χ0n) is 14.1. The van der Waals surface area contributed by atoms with E-state index in [2.05, 4.69) is 5.32 Å². The summed E-state index contributed by atoms with van der Waals surface area (Å²) in [6.07, 6.45) is 0.426. The molecular formula is C19H19FN2O3. The monoisotopic (exact) mass is 342 g/mol. The number of hydrogen-bond donors (Lipinski definition) is 1. The van der Waals surface area contributed by atoms with Crippen LogP contribution in [0.4, 0.5) is 9.18 Å². The Balaban J connectivity index is 1.90. The summed E-state index contributed by atoms with van der Waals surface area (Å²) in [6, 6.07) is 13.1. The Hall–Kier alpha value is -2.89. The summed E-state index contributed by atoms with van der Waals surface area (Å²) in [6.45, 7) is 1.85. The second-order valence-corrected chi connectivity index (χ2v) is 5.92. The third kappa shape index (κ3) is 2.84. The number of nitrogens with zero attached hydrogens (tertiary/aromatic N) is 1. The molecule has 6 heteroatoms. The number of nitrogens with one attached hydrogen (secondary N) is 1. The number of imide groups is 1. The minimum Gasteiger partial charge on any atom is -0.494 e. The van der Waals surface area contributed by atoms with Gasteiger partial charge in [-0.25, -0.2) is 9.18 Å². The molecule has 1 aliphatic heterocycles. The smallest absolute Gasteiger partial charge is 0.325 e. The van der Waals surface area contributed by atoms with Gasteiger partial charge in [0.15, 0.2) is 11.6 Å². The number of benzene rings is 2. The van der Waals surface area contributed by atoms with E-state index in [-0.39, 0.29) is 18.2 Å².